The zero-order valence-corrected chi connectivity index (χ0v) is 11.5. The number of pyridine rings is 2. The van der Waals surface area contributed by atoms with E-state index in [0.29, 0.717) is 0 Å². The Balaban J connectivity index is 0.000000200. The minimum atomic E-state index is -4.11. The van der Waals surface area contributed by atoms with Gasteiger partial charge in [-0.25, -0.2) is 9.97 Å². The van der Waals surface area contributed by atoms with Gasteiger partial charge in [0, 0.05) is 12.4 Å². The van der Waals surface area contributed by atoms with E-state index in [1.54, 1.807) is 12.1 Å². The summed E-state index contributed by atoms with van der Waals surface area (Å²) < 4.78 is 58.1. The van der Waals surface area contributed by atoms with Crippen molar-refractivity contribution in [2.75, 3.05) is 0 Å². The van der Waals surface area contributed by atoms with Gasteiger partial charge in [0.15, 0.2) is 10.1 Å². The second-order valence-electron chi connectivity index (χ2n) is 3.29. The monoisotopic (exact) mass is 318 g/mol. The summed E-state index contributed by atoms with van der Waals surface area (Å²) in [6, 6.07) is 8.53. The summed E-state index contributed by atoms with van der Waals surface area (Å²) in [5, 5.41) is -0.648. The van der Waals surface area contributed by atoms with Gasteiger partial charge in [0.2, 0.25) is 0 Å². The third-order valence-corrected chi connectivity index (χ3v) is 3.34. The van der Waals surface area contributed by atoms with Gasteiger partial charge in [-0.2, -0.15) is 16.8 Å². The van der Waals surface area contributed by atoms with Gasteiger partial charge in [-0.15, -0.1) is 0 Å². The van der Waals surface area contributed by atoms with Crippen LogP contribution in [0, 0.1) is 0 Å². The molecular weight excluding hydrogens is 308 g/mol. The first kappa shape index (κ1) is 16.2. The van der Waals surface area contributed by atoms with Crippen LogP contribution in [-0.4, -0.2) is 35.9 Å². The van der Waals surface area contributed by atoms with E-state index < -0.39 is 20.2 Å². The highest BCUT2D eigenvalue weighted by atomic mass is 32.2. The zero-order chi connectivity index (χ0) is 15.2. The number of aromatic nitrogens is 2. The van der Waals surface area contributed by atoms with Crippen molar-refractivity contribution in [3.63, 3.8) is 0 Å². The Bertz CT molecular complexity index is 677. The van der Waals surface area contributed by atoms with Crippen molar-refractivity contribution >= 4 is 20.2 Å². The molecule has 0 saturated carbocycles. The van der Waals surface area contributed by atoms with Crippen molar-refractivity contribution < 1.29 is 25.9 Å². The lowest BCUT2D eigenvalue weighted by molar-refractivity contribution is 0.477. The predicted molar refractivity (Wildman–Crippen MR) is 68.1 cm³/mol. The summed E-state index contributed by atoms with van der Waals surface area (Å²) in [6.45, 7) is 0. The molecule has 0 unspecified atom stereocenters. The standard InChI is InChI=1S/2C5H5NO3S/c2*7-10(8,9)5-3-1-2-4-6-5/h2*1-4H,(H,7,8,9). The van der Waals surface area contributed by atoms with Crippen LogP contribution in [0.5, 0.6) is 0 Å². The molecule has 0 aliphatic rings. The maximum absolute atomic E-state index is 10.3. The van der Waals surface area contributed by atoms with Crippen LogP contribution in [0.15, 0.2) is 58.8 Å². The topological polar surface area (TPSA) is 135 Å². The van der Waals surface area contributed by atoms with Crippen LogP contribution in [0.25, 0.3) is 0 Å². The molecule has 0 radical (unpaired) electrons. The quantitative estimate of drug-likeness (QED) is 0.771. The molecule has 8 nitrogen and oxygen atoms in total. The normalized spacial score (nSPS) is 11.3. The number of hydrogen-bond acceptors (Lipinski definition) is 6. The molecule has 0 bridgehead atoms. The molecule has 10 heteroatoms. The van der Waals surface area contributed by atoms with E-state index in [1.165, 1.54) is 36.7 Å². The number of nitrogens with zero attached hydrogens (tertiary/aromatic N) is 2. The molecule has 20 heavy (non-hydrogen) atoms. The Labute approximate surface area is 115 Å². The lowest BCUT2D eigenvalue weighted by atomic mass is 10.5. The molecule has 2 heterocycles. The van der Waals surface area contributed by atoms with Crippen LogP contribution in [0.1, 0.15) is 0 Å². The molecule has 2 aromatic rings. The molecule has 0 aliphatic heterocycles. The molecule has 0 amide bonds. The first-order chi connectivity index (χ1) is 9.21. The van der Waals surface area contributed by atoms with E-state index in [1.807, 2.05) is 0 Å². The summed E-state index contributed by atoms with van der Waals surface area (Å²) in [5.74, 6) is 0. The van der Waals surface area contributed by atoms with E-state index in [4.69, 9.17) is 9.11 Å². The van der Waals surface area contributed by atoms with Crippen LogP contribution < -0.4 is 0 Å². The Morgan fingerprint density at radius 2 is 1.05 bits per heavy atom. The van der Waals surface area contributed by atoms with Crippen molar-refractivity contribution in [3.8, 4) is 0 Å². The molecule has 0 saturated heterocycles. The highest BCUT2D eigenvalue weighted by Gasteiger charge is 2.08. The molecule has 108 valence electrons. The fourth-order valence-corrected chi connectivity index (χ4v) is 1.89. The molecular formula is C10H10N2O6S2. The van der Waals surface area contributed by atoms with Crippen LogP contribution in [0.2, 0.25) is 0 Å². The Hall–Kier alpha value is -1.88. The molecule has 0 aromatic carbocycles. The summed E-state index contributed by atoms with van der Waals surface area (Å²) in [5.41, 5.74) is 0. The van der Waals surface area contributed by atoms with Gasteiger partial charge in [-0.05, 0) is 24.3 Å². The van der Waals surface area contributed by atoms with Crippen molar-refractivity contribution in [3.05, 3.63) is 48.8 Å². The van der Waals surface area contributed by atoms with E-state index in [2.05, 4.69) is 9.97 Å². The average molecular weight is 318 g/mol. The average Bonchev–Trinajstić information content (AvgIpc) is 2.40. The fraction of sp³-hybridized carbons (Fsp3) is 0. The molecule has 2 N–H and O–H groups in total. The van der Waals surface area contributed by atoms with Crippen LogP contribution in [-0.2, 0) is 20.2 Å². The predicted octanol–water partition coefficient (Wildman–Crippen LogP) is 0.657. The maximum atomic E-state index is 10.3. The smallest absolute Gasteiger partial charge is 0.281 e. The fourth-order valence-electron chi connectivity index (χ4n) is 0.999. The summed E-state index contributed by atoms with van der Waals surface area (Å²) in [7, 11) is -8.23. The summed E-state index contributed by atoms with van der Waals surface area (Å²) >= 11 is 0. The third-order valence-electron chi connectivity index (χ3n) is 1.80. The first-order valence-corrected chi connectivity index (χ1v) is 7.86. The third kappa shape index (κ3) is 5.40. The first-order valence-electron chi connectivity index (χ1n) is 4.98. The zero-order valence-electron chi connectivity index (χ0n) is 9.86. The van der Waals surface area contributed by atoms with Gasteiger partial charge < -0.3 is 0 Å². The molecule has 0 fully saturated rings. The molecule has 2 aromatic heterocycles. The SMILES string of the molecule is O=S(=O)(O)c1ccccn1.O=S(=O)(O)c1ccccn1. The molecule has 2 rings (SSSR count). The molecule has 0 aliphatic carbocycles. The van der Waals surface area contributed by atoms with Crippen molar-refractivity contribution in [1.82, 2.24) is 9.97 Å². The minimum Gasteiger partial charge on any atom is -0.281 e. The van der Waals surface area contributed by atoms with Crippen LogP contribution >= 0.6 is 0 Å². The van der Waals surface area contributed by atoms with Gasteiger partial charge in [0.1, 0.15) is 0 Å². The van der Waals surface area contributed by atoms with E-state index >= 15 is 0 Å². The van der Waals surface area contributed by atoms with E-state index in [-0.39, 0.29) is 10.1 Å². The second-order valence-corrected chi connectivity index (χ2v) is 6.02. The van der Waals surface area contributed by atoms with Crippen molar-refractivity contribution in [2.45, 2.75) is 10.1 Å². The molecule has 0 spiro atoms. The van der Waals surface area contributed by atoms with Crippen LogP contribution in [0.4, 0.5) is 0 Å². The Kier molecular flexibility index (Phi) is 5.27. The lowest BCUT2D eigenvalue weighted by Gasteiger charge is -1.91. The van der Waals surface area contributed by atoms with Gasteiger partial charge in [-0.1, -0.05) is 12.1 Å². The Morgan fingerprint density at radius 3 is 1.20 bits per heavy atom. The maximum Gasteiger partial charge on any atom is 0.312 e. The van der Waals surface area contributed by atoms with Gasteiger partial charge in [0.25, 0.3) is 0 Å². The summed E-state index contributed by atoms with van der Waals surface area (Å²) in [6.07, 6.45) is 2.59. The van der Waals surface area contributed by atoms with Crippen molar-refractivity contribution in [2.24, 2.45) is 0 Å². The van der Waals surface area contributed by atoms with Gasteiger partial charge in [-0.3, -0.25) is 9.11 Å². The second kappa shape index (κ2) is 6.52. The van der Waals surface area contributed by atoms with Gasteiger partial charge in [0.05, 0.1) is 0 Å². The van der Waals surface area contributed by atoms with E-state index in [0.717, 1.165) is 0 Å². The highest BCUT2D eigenvalue weighted by molar-refractivity contribution is 7.86. The van der Waals surface area contributed by atoms with Gasteiger partial charge >= 0.3 is 20.2 Å². The van der Waals surface area contributed by atoms with Crippen molar-refractivity contribution in [1.29, 1.82) is 0 Å². The highest BCUT2D eigenvalue weighted by Crippen LogP contribution is 2.01. The summed E-state index contributed by atoms with van der Waals surface area (Å²) in [4.78, 5) is 6.82. The molecule has 0 atom stereocenters. The number of rotatable bonds is 2. The van der Waals surface area contributed by atoms with E-state index in [9.17, 15) is 16.8 Å². The minimum absolute atomic E-state index is 0.324. The Morgan fingerprint density at radius 1 is 0.700 bits per heavy atom. The number of hydrogen-bond donors (Lipinski definition) is 2. The van der Waals surface area contributed by atoms with Crippen LogP contribution in [0.3, 0.4) is 0 Å². The largest absolute Gasteiger partial charge is 0.312 e. The lowest BCUT2D eigenvalue weighted by Crippen LogP contribution is -1.99.